The minimum absolute atomic E-state index is 0.0573. The molecule has 26 heavy (non-hydrogen) atoms. The fraction of sp³-hybridized carbons (Fsp3) is 0.150. The van der Waals surface area contributed by atoms with Crippen LogP contribution >= 0.6 is 0 Å². The number of nitrogens with zero attached hydrogens (tertiary/aromatic N) is 4. The largest absolute Gasteiger partial charge is 0.394 e. The van der Waals surface area contributed by atoms with E-state index < -0.39 is 0 Å². The molecule has 0 aliphatic heterocycles. The monoisotopic (exact) mass is 346 g/mol. The summed E-state index contributed by atoms with van der Waals surface area (Å²) in [5, 5.41) is 13.8. The van der Waals surface area contributed by atoms with Gasteiger partial charge in [0.1, 0.15) is 11.7 Å². The second-order valence-electron chi connectivity index (χ2n) is 6.01. The molecule has 4 aromatic rings. The summed E-state index contributed by atoms with van der Waals surface area (Å²) in [6.07, 6.45) is 3.08. The van der Waals surface area contributed by atoms with Gasteiger partial charge >= 0.3 is 0 Å². The van der Waals surface area contributed by atoms with E-state index in [2.05, 4.69) is 10.1 Å². The van der Waals surface area contributed by atoms with E-state index in [0.717, 1.165) is 11.1 Å². The summed E-state index contributed by atoms with van der Waals surface area (Å²) in [6.45, 7) is 0.249. The van der Waals surface area contributed by atoms with E-state index in [9.17, 15) is 4.79 Å². The van der Waals surface area contributed by atoms with Crippen LogP contribution in [0.2, 0.25) is 0 Å². The molecule has 6 nitrogen and oxygen atoms in total. The molecule has 0 aliphatic rings. The summed E-state index contributed by atoms with van der Waals surface area (Å²) < 4.78 is 3.18. The first-order chi connectivity index (χ1) is 12.8. The minimum Gasteiger partial charge on any atom is -0.394 e. The molecule has 1 N–H and O–H groups in total. The average molecular weight is 346 g/mol. The molecule has 0 amide bonds. The first-order valence-corrected chi connectivity index (χ1v) is 8.43. The summed E-state index contributed by atoms with van der Waals surface area (Å²) in [4.78, 5) is 17.6. The van der Waals surface area contributed by atoms with Crippen molar-refractivity contribution >= 4 is 11.0 Å². The fourth-order valence-corrected chi connectivity index (χ4v) is 3.20. The quantitative estimate of drug-likeness (QED) is 0.601. The molecular formula is C20H18N4O2. The van der Waals surface area contributed by atoms with Gasteiger partial charge in [0.25, 0.3) is 5.56 Å². The van der Waals surface area contributed by atoms with Gasteiger partial charge in [-0.05, 0) is 11.1 Å². The SMILES string of the molecule is O=c1c2cnn(CCO)c2ncn1C(c1ccccc1)c1ccccc1. The number of aliphatic hydroxyl groups is 1. The Labute approximate surface area is 150 Å². The lowest BCUT2D eigenvalue weighted by Crippen LogP contribution is -2.26. The van der Waals surface area contributed by atoms with E-state index >= 15 is 0 Å². The highest BCUT2D eigenvalue weighted by molar-refractivity contribution is 5.73. The van der Waals surface area contributed by atoms with E-state index in [1.54, 1.807) is 15.6 Å². The Hall–Kier alpha value is -3.25. The Morgan fingerprint density at radius 3 is 2.15 bits per heavy atom. The molecule has 0 saturated heterocycles. The van der Waals surface area contributed by atoms with Crippen LogP contribution in [0.1, 0.15) is 17.2 Å². The Bertz CT molecular complexity index is 1030. The lowest BCUT2D eigenvalue weighted by molar-refractivity contribution is 0.271. The summed E-state index contributed by atoms with van der Waals surface area (Å²) in [6, 6.07) is 19.5. The van der Waals surface area contributed by atoms with Crippen molar-refractivity contribution in [3.05, 3.63) is 94.7 Å². The molecule has 0 bridgehead atoms. The molecule has 4 rings (SSSR count). The van der Waals surface area contributed by atoms with Crippen LogP contribution in [0.5, 0.6) is 0 Å². The topological polar surface area (TPSA) is 72.9 Å². The van der Waals surface area contributed by atoms with Crippen LogP contribution in [0.25, 0.3) is 11.0 Å². The Morgan fingerprint density at radius 1 is 0.962 bits per heavy atom. The van der Waals surface area contributed by atoms with Crippen molar-refractivity contribution in [2.45, 2.75) is 12.6 Å². The van der Waals surface area contributed by atoms with Crippen molar-refractivity contribution in [1.82, 2.24) is 19.3 Å². The predicted octanol–water partition coefficient (Wildman–Crippen LogP) is 2.22. The number of benzene rings is 2. The van der Waals surface area contributed by atoms with Gasteiger partial charge in [-0.2, -0.15) is 5.10 Å². The van der Waals surface area contributed by atoms with E-state index in [-0.39, 0.29) is 18.2 Å². The summed E-state index contributed by atoms with van der Waals surface area (Å²) >= 11 is 0. The normalized spacial score (nSPS) is 11.3. The maximum absolute atomic E-state index is 13.1. The van der Waals surface area contributed by atoms with Crippen molar-refractivity contribution in [3.63, 3.8) is 0 Å². The third-order valence-electron chi connectivity index (χ3n) is 4.40. The van der Waals surface area contributed by atoms with Crippen molar-refractivity contribution in [1.29, 1.82) is 0 Å². The predicted molar refractivity (Wildman–Crippen MR) is 99.0 cm³/mol. The van der Waals surface area contributed by atoms with Gasteiger partial charge in [0.05, 0.1) is 25.4 Å². The summed E-state index contributed by atoms with van der Waals surface area (Å²) in [5.41, 5.74) is 2.34. The first-order valence-electron chi connectivity index (χ1n) is 8.43. The molecule has 130 valence electrons. The maximum atomic E-state index is 13.1. The molecule has 0 radical (unpaired) electrons. The summed E-state index contributed by atoms with van der Waals surface area (Å²) in [5.74, 6) is 0. The van der Waals surface area contributed by atoms with Crippen LogP contribution in [0.4, 0.5) is 0 Å². The third kappa shape index (κ3) is 2.80. The van der Waals surface area contributed by atoms with Crippen molar-refractivity contribution in [3.8, 4) is 0 Å². The fourth-order valence-electron chi connectivity index (χ4n) is 3.20. The zero-order valence-electron chi connectivity index (χ0n) is 14.1. The molecule has 0 fully saturated rings. The molecule has 0 atom stereocenters. The minimum atomic E-state index is -0.275. The van der Waals surface area contributed by atoms with Crippen LogP contribution in [-0.4, -0.2) is 31.0 Å². The van der Waals surface area contributed by atoms with Gasteiger partial charge < -0.3 is 5.11 Å². The molecule has 0 unspecified atom stereocenters. The highest BCUT2D eigenvalue weighted by Crippen LogP contribution is 2.25. The van der Waals surface area contributed by atoms with E-state index in [4.69, 9.17) is 5.11 Å². The molecule has 2 heterocycles. The van der Waals surface area contributed by atoms with Crippen molar-refractivity contribution < 1.29 is 5.11 Å². The molecular weight excluding hydrogens is 328 g/mol. The maximum Gasteiger partial charge on any atom is 0.265 e. The highest BCUT2D eigenvalue weighted by atomic mass is 16.3. The first kappa shape index (κ1) is 16.2. The number of hydrogen-bond acceptors (Lipinski definition) is 4. The number of fused-ring (bicyclic) bond motifs is 1. The van der Waals surface area contributed by atoms with Crippen LogP contribution in [-0.2, 0) is 6.54 Å². The summed E-state index contributed by atoms with van der Waals surface area (Å²) in [7, 11) is 0. The van der Waals surface area contributed by atoms with Gasteiger partial charge in [-0.3, -0.25) is 9.36 Å². The third-order valence-corrected chi connectivity index (χ3v) is 4.40. The van der Waals surface area contributed by atoms with E-state index in [1.165, 1.54) is 6.20 Å². The molecule has 0 aliphatic carbocycles. The Morgan fingerprint density at radius 2 is 1.58 bits per heavy atom. The van der Waals surface area contributed by atoms with Gasteiger partial charge in [-0.1, -0.05) is 60.7 Å². The van der Waals surface area contributed by atoms with Gasteiger partial charge in [0.15, 0.2) is 5.65 Å². The van der Waals surface area contributed by atoms with Crippen molar-refractivity contribution in [2.24, 2.45) is 0 Å². The molecule has 0 saturated carbocycles. The number of aromatic nitrogens is 4. The molecule has 2 aromatic heterocycles. The Balaban J connectivity index is 1.92. The molecule has 6 heteroatoms. The van der Waals surface area contributed by atoms with Crippen LogP contribution < -0.4 is 5.56 Å². The standard InChI is InChI=1S/C20H18N4O2/c25-12-11-24-19-17(13-22-24)20(26)23(14-21-19)18(15-7-3-1-4-8-15)16-9-5-2-6-10-16/h1-10,13-14,18,25H,11-12H2. The van der Waals surface area contributed by atoms with Crippen LogP contribution in [0.15, 0.2) is 78.0 Å². The highest BCUT2D eigenvalue weighted by Gasteiger charge is 2.20. The van der Waals surface area contributed by atoms with Gasteiger partial charge in [-0.15, -0.1) is 0 Å². The zero-order valence-corrected chi connectivity index (χ0v) is 14.1. The lowest BCUT2D eigenvalue weighted by atomic mass is 9.98. The number of aliphatic hydroxyl groups excluding tert-OH is 1. The van der Waals surface area contributed by atoms with E-state index in [1.807, 2.05) is 60.7 Å². The second-order valence-corrected chi connectivity index (χ2v) is 6.01. The molecule has 2 aromatic carbocycles. The number of rotatable bonds is 5. The smallest absolute Gasteiger partial charge is 0.265 e. The average Bonchev–Trinajstić information content (AvgIpc) is 3.10. The lowest BCUT2D eigenvalue weighted by Gasteiger charge is -2.20. The second kappa shape index (κ2) is 6.93. The van der Waals surface area contributed by atoms with Crippen molar-refractivity contribution in [2.75, 3.05) is 6.61 Å². The van der Waals surface area contributed by atoms with Gasteiger partial charge in [0, 0.05) is 0 Å². The van der Waals surface area contributed by atoms with Gasteiger partial charge in [0.2, 0.25) is 0 Å². The van der Waals surface area contributed by atoms with Gasteiger partial charge in [-0.25, -0.2) is 9.67 Å². The number of hydrogen-bond donors (Lipinski definition) is 1. The van der Waals surface area contributed by atoms with E-state index in [0.29, 0.717) is 17.6 Å². The van der Waals surface area contributed by atoms with Crippen LogP contribution in [0.3, 0.4) is 0 Å². The Kier molecular flexibility index (Phi) is 4.33. The van der Waals surface area contributed by atoms with Crippen LogP contribution in [0, 0.1) is 0 Å². The zero-order chi connectivity index (χ0) is 17.9. The molecule has 0 spiro atoms.